The summed E-state index contributed by atoms with van der Waals surface area (Å²) in [6.07, 6.45) is 1.75. The van der Waals surface area contributed by atoms with Gasteiger partial charge in [-0.25, -0.2) is 4.98 Å². The first kappa shape index (κ1) is 14.0. The lowest BCUT2D eigenvalue weighted by Crippen LogP contribution is -2.43. The van der Waals surface area contributed by atoms with Crippen molar-refractivity contribution in [1.29, 1.82) is 0 Å². The van der Waals surface area contributed by atoms with Gasteiger partial charge in [0.2, 0.25) is 5.95 Å². The summed E-state index contributed by atoms with van der Waals surface area (Å²) >= 11 is 0. The van der Waals surface area contributed by atoms with Crippen LogP contribution in [-0.2, 0) is 0 Å². The van der Waals surface area contributed by atoms with Crippen molar-refractivity contribution < 1.29 is 0 Å². The number of aromatic amines is 1. The molecule has 3 aromatic rings. The first-order valence-corrected chi connectivity index (χ1v) is 7.72. The summed E-state index contributed by atoms with van der Waals surface area (Å²) < 4.78 is 0. The fourth-order valence-electron chi connectivity index (χ4n) is 3.04. The second-order valence-electron chi connectivity index (χ2n) is 5.63. The Bertz CT molecular complexity index is 929. The van der Waals surface area contributed by atoms with Crippen LogP contribution in [0.3, 0.4) is 0 Å². The highest BCUT2D eigenvalue weighted by Gasteiger charge is 2.13. The number of benzene rings is 1. The summed E-state index contributed by atoms with van der Waals surface area (Å²) in [5, 5.41) is 8.63. The van der Waals surface area contributed by atoms with Crippen LogP contribution in [-0.4, -0.2) is 48.2 Å². The van der Waals surface area contributed by atoms with E-state index in [1.165, 1.54) is 0 Å². The predicted octanol–water partition coefficient (Wildman–Crippen LogP) is 0.923. The standard InChI is InChI=1S/C16H18N6O/c1-17-16-19-9-13-11-3-2-10(22-6-4-18-5-7-22)8-12(11)15(23)20-14(13)21-16/h2-3,8-9,18H,4-7H2,1H3,(H2,17,19,20,21,23). The van der Waals surface area contributed by atoms with E-state index in [4.69, 9.17) is 0 Å². The summed E-state index contributed by atoms with van der Waals surface area (Å²) in [5.41, 5.74) is 1.51. The second kappa shape index (κ2) is 5.51. The third-order valence-corrected chi connectivity index (χ3v) is 4.26. The number of H-pyrrole nitrogens is 1. The topological polar surface area (TPSA) is 85.9 Å². The summed E-state index contributed by atoms with van der Waals surface area (Å²) in [7, 11) is 1.75. The van der Waals surface area contributed by atoms with Crippen molar-refractivity contribution >= 4 is 33.4 Å². The molecule has 0 bridgehead atoms. The van der Waals surface area contributed by atoms with E-state index in [-0.39, 0.29) is 5.56 Å². The highest BCUT2D eigenvalue weighted by Crippen LogP contribution is 2.25. The van der Waals surface area contributed by atoms with Gasteiger partial charge in [-0.1, -0.05) is 6.07 Å². The highest BCUT2D eigenvalue weighted by atomic mass is 16.1. The Kier molecular flexibility index (Phi) is 3.34. The summed E-state index contributed by atoms with van der Waals surface area (Å²) in [5.74, 6) is 0.491. The monoisotopic (exact) mass is 310 g/mol. The lowest BCUT2D eigenvalue weighted by Gasteiger charge is -2.29. The van der Waals surface area contributed by atoms with Gasteiger partial charge in [-0.2, -0.15) is 4.98 Å². The van der Waals surface area contributed by atoms with Crippen LogP contribution in [0.1, 0.15) is 0 Å². The molecule has 0 radical (unpaired) electrons. The molecule has 7 heteroatoms. The molecule has 4 rings (SSSR count). The molecule has 118 valence electrons. The fraction of sp³-hybridized carbons (Fsp3) is 0.312. The van der Waals surface area contributed by atoms with E-state index in [2.05, 4.69) is 36.6 Å². The predicted molar refractivity (Wildman–Crippen MR) is 92.3 cm³/mol. The van der Waals surface area contributed by atoms with Crippen molar-refractivity contribution in [2.24, 2.45) is 0 Å². The lowest BCUT2D eigenvalue weighted by atomic mass is 10.1. The first-order chi connectivity index (χ1) is 11.3. The molecule has 0 saturated carbocycles. The quantitative estimate of drug-likeness (QED) is 0.610. The number of hydrogen-bond donors (Lipinski definition) is 3. The highest BCUT2D eigenvalue weighted by molar-refractivity contribution is 6.04. The number of hydrogen-bond acceptors (Lipinski definition) is 6. The third-order valence-electron chi connectivity index (χ3n) is 4.26. The summed E-state index contributed by atoms with van der Waals surface area (Å²) in [6.45, 7) is 3.83. The molecule has 7 nitrogen and oxygen atoms in total. The normalized spacial score (nSPS) is 15.3. The van der Waals surface area contributed by atoms with E-state index < -0.39 is 0 Å². The van der Waals surface area contributed by atoms with Crippen LogP contribution in [0.4, 0.5) is 11.6 Å². The molecule has 0 spiro atoms. The van der Waals surface area contributed by atoms with Gasteiger partial charge in [-0.3, -0.25) is 4.79 Å². The Morgan fingerprint density at radius 2 is 2.00 bits per heavy atom. The van der Waals surface area contributed by atoms with Crippen molar-refractivity contribution in [1.82, 2.24) is 20.3 Å². The molecule has 1 aromatic carbocycles. The minimum atomic E-state index is -0.120. The Hall–Kier alpha value is -2.67. The van der Waals surface area contributed by atoms with E-state index in [0.717, 1.165) is 42.6 Å². The summed E-state index contributed by atoms with van der Waals surface area (Å²) in [4.78, 5) is 26.2. The number of piperazine rings is 1. The van der Waals surface area contributed by atoms with Crippen LogP contribution in [0.15, 0.2) is 29.2 Å². The largest absolute Gasteiger partial charge is 0.369 e. The number of nitrogens with one attached hydrogen (secondary N) is 3. The van der Waals surface area contributed by atoms with Gasteiger partial charge < -0.3 is 20.5 Å². The van der Waals surface area contributed by atoms with Gasteiger partial charge in [-0.15, -0.1) is 0 Å². The Balaban J connectivity index is 1.90. The average Bonchev–Trinajstić information content (AvgIpc) is 2.62. The third kappa shape index (κ3) is 2.39. The molecule has 1 aliphatic rings. The Labute approximate surface area is 132 Å². The molecule has 3 N–H and O–H groups in total. The molecule has 0 amide bonds. The van der Waals surface area contributed by atoms with E-state index in [1.807, 2.05) is 12.1 Å². The van der Waals surface area contributed by atoms with Crippen molar-refractivity contribution in [3.8, 4) is 0 Å². The van der Waals surface area contributed by atoms with Gasteiger partial charge in [0.05, 0.1) is 0 Å². The minimum absolute atomic E-state index is 0.120. The van der Waals surface area contributed by atoms with Crippen LogP contribution in [0.5, 0.6) is 0 Å². The lowest BCUT2D eigenvalue weighted by molar-refractivity contribution is 0.589. The van der Waals surface area contributed by atoms with E-state index in [1.54, 1.807) is 13.2 Å². The zero-order valence-electron chi connectivity index (χ0n) is 12.9. The average molecular weight is 310 g/mol. The molecule has 0 atom stereocenters. The van der Waals surface area contributed by atoms with Crippen LogP contribution in [0.2, 0.25) is 0 Å². The molecular formula is C16H18N6O. The molecule has 23 heavy (non-hydrogen) atoms. The molecule has 0 unspecified atom stereocenters. The van der Waals surface area contributed by atoms with E-state index >= 15 is 0 Å². The maximum atomic E-state index is 12.5. The fourth-order valence-corrected chi connectivity index (χ4v) is 3.04. The van der Waals surface area contributed by atoms with Gasteiger partial charge in [0.15, 0.2) is 0 Å². The molecule has 2 aromatic heterocycles. The van der Waals surface area contributed by atoms with Crippen LogP contribution in [0.25, 0.3) is 21.8 Å². The zero-order valence-corrected chi connectivity index (χ0v) is 12.9. The molecule has 1 aliphatic heterocycles. The van der Waals surface area contributed by atoms with Crippen LogP contribution >= 0.6 is 0 Å². The van der Waals surface area contributed by atoms with Gasteiger partial charge in [0, 0.05) is 55.9 Å². The zero-order chi connectivity index (χ0) is 15.8. The van der Waals surface area contributed by atoms with Crippen molar-refractivity contribution in [3.05, 3.63) is 34.7 Å². The van der Waals surface area contributed by atoms with Gasteiger partial charge >= 0.3 is 0 Å². The maximum Gasteiger partial charge on any atom is 0.257 e. The number of rotatable bonds is 2. The van der Waals surface area contributed by atoms with Gasteiger partial charge in [-0.05, 0) is 17.5 Å². The summed E-state index contributed by atoms with van der Waals surface area (Å²) in [6, 6.07) is 6.02. The Morgan fingerprint density at radius 1 is 1.17 bits per heavy atom. The minimum Gasteiger partial charge on any atom is -0.369 e. The van der Waals surface area contributed by atoms with Crippen molar-refractivity contribution in [3.63, 3.8) is 0 Å². The van der Waals surface area contributed by atoms with Crippen LogP contribution in [0, 0.1) is 0 Å². The molecular weight excluding hydrogens is 292 g/mol. The van der Waals surface area contributed by atoms with Gasteiger partial charge in [0.1, 0.15) is 5.65 Å². The van der Waals surface area contributed by atoms with E-state index in [0.29, 0.717) is 17.0 Å². The van der Waals surface area contributed by atoms with E-state index in [9.17, 15) is 4.79 Å². The number of pyridine rings is 1. The molecule has 0 aliphatic carbocycles. The molecule has 1 fully saturated rings. The Morgan fingerprint density at radius 3 is 2.78 bits per heavy atom. The van der Waals surface area contributed by atoms with Crippen molar-refractivity contribution in [2.45, 2.75) is 0 Å². The second-order valence-corrected chi connectivity index (χ2v) is 5.63. The number of anilines is 2. The number of nitrogens with zero attached hydrogens (tertiary/aromatic N) is 3. The van der Waals surface area contributed by atoms with Crippen LogP contribution < -0.4 is 21.1 Å². The number of fused-ring (bicyclic) bond motifs is 3. The molecule has 1 saturated heterocycles. The SMILES string of the molecule is CNc1ncc2c(n1)[nH]c(=O)c1cc(N3CCNCC3)ccc12. The van der Waals surface area contributed by atoms with Crippen molar-refractivity contribution in [2.75, 3.05) is 43.4 Å². The maximum absolute atomic E-state index is 12.5. The first-order valence-electron chi connectivity index (χ1n) is 7.72. The van der Waals surface area contributed by atoms with Gasteiger partial charge in [0.25, 0.3) is 5.56 Å². The molecule has 3 heterocycles. The number of aromatic nitrogens is 3. The smallest absolute Gasteiger partial charge is 0.257 e.